The van der Waals surface area contributed by atoms with Crippen molar-refractivity contribution in [3.63, 3.8) is 0 Å². The number of amides is 1. The Bertz CT molecular complexity index is 1620. The van der Waals surface area contributed by atoms with Gasteiger partial charge in [0, 0.05) is 36.3 Å². The van der Waals surface area contributed by atoms with E-state index in [9.17, 15) is 18.0 Å². The summed E-state index contributed by atoms with van der Waals surface area (Å²) in [5.74, 6) is 0.310. The summed E-state index contributed by atoms with van der Waals surface area (Å²) < 4.78 is 46.9. The molecule has 0 bridgehead atoms. The van der Waals surface area contributed by atoms with Gasteiger partial charge in [-0.3, -0.25) is 9.78 Å². The van der Waals surface area contributed by atoms with Gasteiger partial charge in [0.25, 0.3) is 11.8 Å². The number of ether oxygens (including phenoxy) is 1. The molecule has 37 heavy (non-hydrogen) atoms. The fourth-order valence-corrected chi connectivity index (χ4v) is 3.67. The Kier molecular flexibility index (Phi) is 6.04. The molecule has 186 valence electrons. The van der Waals surface area contributed by atoms with Crippen molar-refractivity contribution in [1.82, 2.24) is 24.5 Å². The molecule has 0 spiro atoms. The molecule has 0 fully saturated rings. The van der Waals surface area contributed by atoms with Crippen molar-refractivity contribution in [2.24, 2.45) is 7.05 Å². The quantitative estimate of drug-likeness (QED) is 0.325. The maximum absolute atomic E-state index is 13.1. The Morgan fingerprint density at radius 1 is 1.03 bits per heavy atom. The maximum Gasteiger partial charge on any atom is 0.416 e. The van der Waals surface area contributed by atoms with E-state index in [4.69, 9.17) is 4.74 Å². The Hall–Kier alpha value is -4.80. The van der Waals surface area contributed by atoms with Crippen LogP contribution >= 0.6 is 0 Å². The van der Waals surface area contributed by atoms with E-state index >= 15 is 0 Å². The molecule has 1 amide bonds. The lowest BCUT2D eigenvalue weighted by atomic mass is 10.1. The number of nitrogens with zero attached hydrogens (tertiary/aromatic N) is 5. The Morgan fingerprint density at radius 2 is 1.81 bits per heavy atom. The third-order valence-electron chi connectivity index (χ3n) is 5.58. The number of halogens is 3. The number of carbonyl (C=O) groups is 1. The molecule has 0 saturated heterocycles. The van der Waals surface area contributed by atoms with Crippen molar-refractivity contribution < 1.29 is 22.7 Å². The van der Waals surface area contributed by atoms with E-state index in [1.807, 2.05) is 0 Å². The Labute approximate surface area is 208 Å². The van der Waals surface area contributed by atoms with Gasteiger partial charge in [0.2, 0.25) is 0 Å². The highest BCUT2D eigenvalue weighted by atomic mass is 19.4. The average molecular weight is 504 g/mol. The highest BCUT2D eigenvalue weighted by molar-refractivity contribution is 6.05. The zero-order valence-electron chi connectivity index (χ0n) is 19.6. The summed E-state index contributed by atoms with van der Waals surface area (Å²) in [4.78, 5) is 30.4. The highest BCUT2D eigenvalue weighted by Crippen LogP contribution is 2.32. The number of hydrogen-bond donors (Lipinski definition) is 1. The molecule has 5 aromatic rings. The molecular formula is C26H19F3N6O2. The first-order valence-electron chi connectivity index (χ1n) is 11.1. The van der Waals surface area contributed by atoms with Crippen LogP contribution < -0.4 is 10.1 Å². The third kappa shape index (κ3) is 4.96. The summed E-state index contributed by atoms with van der Waals surface area (Å²) >= 11 is 0. The molecule has 0 saturated carbocycles. The zero-order chi connectivity index (χ0) is 26.2. The van der Waals surface area contributed by atoms with E-state index < -0.39 is 17.6 Å². The van der Waals surface area contributed by atoms with Crippen LogP contribution in [0.4, 0.5) is 18.9 Å². The monoisotopic (exact) mass is 504 g/mol. The molecule has 0 atom stereocenters. The van der Waals surface area contributed by atoms with Gasteiger partial charge in [-0.15, -0.1) is 0 Å². The molecule has 2 aromatic carbocycles. The van der Waals surface area contributed by atoms with Crippen LogP contribution in [0, 0.1) is 6.92 Å². The van der Waals surface area contributed by atoms with E-state index in [0.29, 0.717) is 28.3 Å². The summed E-state index contributed by atoms with van der Waals surface area (Å²) in [6, 6.07) is 12.8. The molecule has 5 rings (SSSR count). The summed E-state index contributed by atoms with van der Waals surface area (Å²) in [5.41, 5.74) is 1.72. The zero-order valence-corrected chi connectivity index (χ0v) is 19.6. The number of hydrogen-bond acceptors (Lipinski definition) is 6. The van der Waals surface area contributed by atoms with Gasteiger partial charge in [0.15, 0.2) is 17.0 Å². The van der Waals surface area contributed by atoms with Crippen LogP contribution in [-0.2, 0) is 13.2 Å². The number of aromatic nitrogens is 5. The number of pyridine rings is 1. The highest BCUT2D eigenvalue weighted by Gasteiger charge is 2.30. The maximum atomic E-state index is 13.1. The number of nitrogens with one attached hydrogen (secondary N) is 1. The van der Waals surface area contributed by atoms with Crippen molar-refractivity contribution in [2.75, 3.05) is 5.32 Å². The van der Waals surface area contributed by atoms with Gasteiger partial charge in [0.05, 0.1) is 11.9 Å². The van der Waals surface area contributed by atoms with Crippen LogP contribution in [0.5, 0.6) is 11.6 Å². The van der Waals surface area contributed by atoms with Gasteiger partial charge < -0.3 is 14.6 Å². The number of aryl methyl sites for hydroxylation is 2. The molecule has 0 aliphatic rings. The lowest BCUT2D eigenvalue weighted by molar-refractivity contribution is -0.137. The minimum atomic E-state index is -4.52. The fourth-order valence-electron chi connectivity index (χ4n) is 3.67. The van der Waals surface area contributed by atoms with Gasteiger partial charge in [-0.25, -0.2) is 9.97 Å². The van der Waals surface area contributed by atoms with Crippen molar-refractivity contribution in [2.45, 2.75) is 13.1 Å². The molecular weight excluding hydrogens is 485 g/mol. The fraction of sp³-hybridized carbons (Fsp3) is 0.115. The first-order valence-corrected chi connectivity index (χ1v) is 11.1. The average Bonchev–Trinajstić information content (AvgIpc) is 3.26. The molecule has 3 aromatic heterocycles. The van der Waals surface area contributed by atoms with Crippen LogP contribution in [0.15, 0.2) is 73.3 Å². The van der Waals surface area contributed by atoms with E-state index in [0.717, 1.165) is 17.7 Å². The Balaban J connectivity index is 1.47. The predicted molar refractivity (Wildman–Crippen MR) is 130 cm³/mol. The standard InChI is InChI=1S/C26H19F3N6O2/c1-15-6-7-19(13-20(15)24(36)32-18-5-3-4-17(12-18)26(27,28)29)37-25-21-23(35(2)14-31-21)33-22(34-25)16-8-10-30-11-9-16/h3-14H,1-2H3,(H,32,36). The summed E-state index contributed by atoms with van der Waals surface area (Å²) in [6.07, 6.45) is 0.323. The minimum absolute atomic E-state index is 0.0264. The van der Waals surface area contributed by atoms with Gasteiger partial charge in [-0.2, -0.15) is 18.2 Å². The molecule has 0 radical (unpaired) electrons. The summed E-state index contributed by atoms with van der Waals surface area (Å²) in [6.45, 7) is 1.72. The number of anilines is 1. The molecule has 0 unspecified atom stereocenters. The first kappa shape index (κ1) is 23.9. The van der Waals surface area contributed by atoms with E-state index in [1.54, 1.807) is 61.5 Å². The first-order chi connectivity index (χ1) is 17.7. The van der Waals surface area contributed by atoms with Crippen LogP contribution in [-0.4, -0.2) is 30.4 Å². The van der Waals surface area contributed by atoms with E-state index in [1.165, 1.54) is 18.2 Å². The number of fused-ring (bicyclic) bond motifs is 1. The van der Waals surface area contributed by atoms with Crippen LogP contribution in [0.3, 0.4) is 0 Å². The topological polar surface area (TPSA) is 94.8 Å². The van der Waals surface area contributed by atoms with Crippen molar-refractivity contribution in [3.05, 3.63) is 90.0 Å². The van der Waals surface area contributed by atoms with Gasteiger partial charge in [-0.05, 0) is 55.0 Å². The van der Waals surface area contributed by atoms with E-state index in [2.05, 4.69) is 25.3 Å². The number of rotatable bonds is 5. The van der Waals surface area contributed by atoms with Gasteiger partial charge in [-0.1, -0.05) is 12.1 Å². The second-order valence-corrected chi connectivity index (χ2v) is 8.23. The lowest BCUT2D eigenvalue weighted by Crippen LogP contribution is -2.14. The second kappa shape index (κ2) is 9.34. The lowest BCUT2D eigenvalue weighted by Gasteiger charge is -2.13. The van der Waals surface area contributed by atoms with Crippen molar-refractivity contribution in [1.29, 1.82) is 0 Å². The van der Waals surface area contributed by atoms with Gasteiger partial charge >= 0.3 is 6.18 Å². The molecule has 1 N–H and O–H groups in total. The van der Waals surface area contributed by atoms with Crippen molar-refractivity contribution in [3.8, 4) is 23.0 Å². The molecule has 3 heterocycles. The molecule has 8 nitrogen and oxygen atoms in total. The van der Waals surface area contributed by atoms with Gasteiger partial charge in [0.1, 0.15) is 5.75 Å². The number of alkyl halides is 3. The number of imidazole rings is 1. The second-order valence-electron chi connectivity index (χ2n) is 8.23. The largest absolute Gasteiger partial charge is 0.437 e. The summed E-state index contributed by atoms with van der Waals surface area (Å²) in [7, 11) is 1.80. The third-order valence-corrected chi connectivity index (χ3v) is 5.58. The molecule has 0 aliphatic heterocycles. The summed E-state index contributed by atoms with van der Waals surface area (Å²) in [5, 5.41) is 2.52. The Morgan fingerprint density at radius 3 is 2.57 bits per heavy atom. The minimum Gasteiger partial charge on any atom is -0.437 e. The SMILES string of the molecule is Cc1ccc(Oc2nc(-c3ccncc3)nc3c2ncn3C)cc1C(=O)Nc1cccc(C(F)(F)F)c1. The number of carbonyl (C=O) groups excluding carboxylic acids is 1. The smallest absolute Gasteiger partial charge is 0.416 e. The van der Waals surface area contributed by atoms with E-state index in [-0.39, 0.29) is 17.1 Å². The molecule has 11 heteroatoms. The van der Waals surface area contributed by atoms with Crippen molar-refractivity contribution >= 4 is 22.8 Å². The molecule has 0 aliphatic carbocycles. The normalized spacial score (nSPS) is 11.5. The number of benzene rings is 2. The van der Waals surface area contributed by atoms with Crippen LogP contribution in [0.1, 0.15) is 21.5 Å². The predicted octanol–water partition coefficient (Wildman–Crippen LogP) is 5.80. The van der Waals surface area contributed by atoms with Crippen LogP contribution in [0.2, 0.25) is 0 Å². The van der Waals surface area contributed by atoms with Crippen LogP contribution in [0.25, 0.3) is 22.6 Å².